The molecule has 3 aromatic rings. The molecule has 6 nitrogen and oxygen atoms in total. The van der Waals surface area contributed by atoms with E-state index in [4.69, 9.17) is 4.42 Å². The van der Waals surface area contributed by atoms with Crippen LogP contribution in [0.4, 0.5) is 5.69 Å². The minimum atomic E-state index is -1.16. The first-order valence-corrected chi connectivity index (χ1v) is 8.32. The van der Waals surface area contributed by atoms with Crippen LogP contribution in [0, 0.1) is 0 Å². The maximum absolute atomic E-state index is 11.2. The van der Waals surface area contributed by atoms with Crippen LogP contribution in [0.5, 0.6) is 0 Å². The Balaban J connectivity index is 2.07. The smallest absolute Gasteiger partial charge is 0.325 e. The molecule has 0 aliphatic carbocycles. The van der Waals surface area contributed by atoms with E-state index in [2.05, 4.69) is 22.9 Å². The Morgan fingerprint density at radius 3 is 2.31 bits per heavy atom. The lowest BCUT2D eigenvalue weighted by Gasteiger charge is -2.04. The first kappa shape index (κ1) is 17.8. The van der Waals surface area contributed by atoms with Crippen molar-refractivity contribution in [2.45, 2.75) is 12.2 Å². The highest BCUT2D eigenvalue weighted by atomic mass is 32.1. The Morgan fingerprint density at radius 2 is 1.73 bits per heavy atom. The monoisotopic (exact) mass is 368 g/mol. The van der Waals surface area contributed by atoms with Crippen LogP contribution in [0.2, 0.25) is 0 Å². The second-order valence-electron chi connectivity index (χ2n) is 5.60. The second kappa shape index (κ2) is 7.45. The minimum Gasteiger partial charge on any atom is -0.480 e. The van der Waals surface area contributed by atoms with Crippen LogP contribution in [-0.2, 0) is 9.59 Å². The molecule has 2 aromatic carbocycles. The molecule has 1 heterocycles. The quantitative estimate of drug-likeness (QED) is 0.592. The average Bonchev–Trinajstić information content (AvgIpc) is 3.07. The molecule has 0 bridgehead atoms. The molecule has 0 saturated heterocycles. The van der Waals surface area contributed by atoms with Crippen LogP contribution in [0.1, 0.15) is 18.1 Å². The average molecular weight is 368 g/mol. The van der Waals surface area contributed by atoms with Crippen molar-refractivity contribution in [3.63, 3.8) is 0 Å². The number of rotatable bonds is 5. The fourth-order valence-corrected chi connectivity index (χ4v) is 2.57. The normalized spacial score (nSPS) is 11.8. The summed E-state index contributed by atoms with van der Waals surface area (Å²) in [5.41, 5.74) is 2.68. The summed E-state index contributed by atoms with van der Waals surface area (Å²) in [6.45, 7) is 1.43. The Kier molecular flexibility index (Phi) is 5.09. The van der Waals surface area contributed by atoms with Crippen molar-refractivity contribution < 1.29 is 19.1 Å². The van der Waals surface area contributed by atoms with Crippen molar-refractivity contribution >= 4 is 30.2 Å². The Morgan fingerprint density at radius 1 is 1.08 bits per heavy atom. The highest BCUT2D eigenvalue weighted by Gasteiger charge is 2.25. The fourth-order valence-electron chi connectivity index (χ4n) is 2.45. The number of benzene rings is 2. The summed E-state index contributed by atoms with van der Waals surface area (Å²) in [4.78, 5) is 26.7. The number of hydrogen-bond acceptors (Lipinski definition) is 5. The molecule has 0 aliphatic rings. The predicted octanol–water partition coefficient (Wildman–Crippen LogP) is 4.02. The van der Waals surface area contributed by atoms with Crippen LogP contribution in [-0.4, -0.2) is 22.0 Å². The summed E-state index contributed by atoms with van der Waals surface area (Å²) < 4.78 is 5.74. The van der Waals surface area contributed by atoms with Crippen molar-refractivity contribution in [3.05, 3.63) is 60.5 Å². The van der Waals surface area contributed by atoms with Gasteiger partial charge in [0, 0.05) is 23.7 Å². The van der Waals surface area contributed by atoms with E-state index < -0.39 is 11.2 Å². The third kappa shape index (κ3) is 3.78. The molecular formula is C19H16N2O4S. The van der Waals surface area contributed by atoms with Crippen molar-refractivity contribution in [3.8, 4) is 22.6 Å². The number of aliphatic carboxylic acids is 1. The molecule has 1 atom stereocenters. The number of oxazole rings is 1. The molecule has 2 N–H and O–H groups in total. The fraction of sp³-hybridized carbons (Fsp3) is 0.105. The number of amides is 1. The topological polar surface area (TPSA) is 92.4 Å². The highest BCUT2D eigenvalue weighted by molar-refractivity contribution is 7.81. The largest absolute Gasteiger partial charge is 0.480 e. The number of hydrogen-bond donors (Lipinski definition) is 3. The van der Waals surface area contributed by atoms with E-state index in [1.807, 2.05) is 30.3 Å². The molecular weight excluding hydrogens is 352 g/mol. The molecule has 3 rings (SSSR count). The molecule has 7 heteroatoms. The van der Waals surface area contributed by atoms with E-state index in [0.29, 0.717) is 17.1 Å². The second-order valence-corrected chi connectivity index (χ2v) is 6.11. The Labute approximate surface area is 155 Å². The van der Waals surface area contributed by atoms with Crippen LogP contribution < -0.4 is 5.32 Å². The summed E-state index contributed by atoms with van der Waals surface area (Å²) in [6, 6.07) is 16.4. The molecule has 0 aliphatic heterocycles. The van der Waals surface area contributed by atoms with Crippen LogP contribution >= 0.6 is 12.6 Å². The highest BCUT2D eigenvalue weighted by Crippen LogP contribution is 2.35. The first-order chi connectivity index (χ1) is 12.5. The van der Waals surface area contributed by atoms with Crippen LogP contribution in [0.25, 0.3) is 22.6 Å². The molecule has 0 radical (unpaired) electrons. The molecule has 0 fully saturated rings. The number of nitrogens with one attached hydrogen (secondary N) is 1. The van der Waals surface area contributed by atoms with Gasteiger partial charge in [-0.05, 0) is 12.1 Å². The van der Waals surface area contributed by atoms with Crippen molar-refractivity contribution in [1.82, 2.24) is 4.98 Å². The summed E-state index contributed by atoms with van der Waals surface area (Å²) in [5, 5.41) is 10.7. The van der Waals surface area contributed by atoms with E-state index in [1.54, 1.807) is 24.3 Å². The summed E-state index contributed by atoms with van der Waals surface area (Å²) >= 11 is 4.05. The maximum atomic E-state index is 11.2. The van der Waals surface area contributed by atoms with Crippen molar-refractivity contribution in [2.75, 3.05) is 5.32 Å². The number of thiol groups is 1. The maximum Gasteiger partial charge on any atom is 0.325 e. The first-order valence-electron chi connectivity index (χ1n) is 7.80. The number of carboxylic acids is 1. The molecule has 26 heavy (non-hydrogen) atoms. The van der Waals surface area contributed by atoms with E-state index in [9.17, 15) is 14.7 Å². The van der Waals surface area contributed by atoms with Gasteiger partial charge in [-0.25, -0.2) is 4.98 Å². The van der Waals surface area contributed by atoms with Crippen molar-refractivity contribution in [2.24, 2.45) is 0 Å². The van der Waals surface area contributed by atoms with Gasteiger partial charge in [0.1, 0.15) is 5.69 Å². The van der Waals surface area contributed by atoms with Gasteiger partial charge in [0.25, 0.3) is 0 Å². The number of carbonyl (C=O) groups excluding carboxylic acids is 1. The third-order valence-electron chi connectivity index (χ3n) is 3.63. The van der Waals surface area contributed by atoms with Gasteiger partial charge in [-0.15, -0.1) is 0 Å². The van der Waals surface area contributed by atoms with Gasteiger partial charge >= 0.3 is 5.97 Å². The molecule has 0 saturated carbocycles. The zero-order chi connectivity index (χ0) is 18.7. The summed E-state index contributed by atoms with van der Waals surface area (Å²) in [5.74, 6) is -0.818. The summed E-state index contributed by atoms with van der Waals surface area (Å²) in [7, 11) is 0. The molecule has 1 aromatic heterocycles. The SMILES string of the molecule is CC(=O)Nc1ccc(-c2nc(C(S)C(=O)O)oc2-c2ccccc2)cc1. The van der Waals surface area contributed by atoms with E-state index in [0.717, 1.165) is 11.1 Å². The van der Waals surface area contributed by atoms with E-state index in [-0.39, 0.29) is 11.8 Å². The zero-order valence-corrected chi connectivity index (χ0v) is 14.7. The number of carbonyl (C=O) groups is 2. The molecule has 132 valence electrons. The minimum absolute atomic E-state index is 0.0145. The zero-order valence-electron chi connectivity index (χ0n) is 13.8. The van der Waals surface area contributed by atoms with Crippen LogP contribution in [0.15, 0.2) is 59.0 Å². The van der Waals surface area contributed by atoms with Gasteiger partial charge in [-0.3, -0.25) is 9.59 Å². The van der Waals surface area contributed by atoms with Crippen molar-refractivity contribution in [1.29, 1.82) is 0 Å². The molecule has 1 unspecified atom stereocenters. The van der Waals surface area contributed by atoms with Gasteiger partial charge in [-0.1, -0.05) is 42.5 Å². The number of nitrogens with zero attached hydrogens (tertiary/aromatic N) is 1. The summed E-state index contributed by atoms with van der Waals surface area (Å²) in [6.07, 6.45) is 0. The standard InChI is InChI=1S/C19H16N2O4S/c1-11(22)20-14-9-7-12(8-10-14)15-16(13-5-3-2-4-6-13)25-18(21-15)17(26)19(23)24/h2-10,17,26H,1H3,(H,20,22)(H,23,24). The van der Waals surface area contributed by atoms with Crippen LogP contribution in [0.3, 0.4) is 0 Å². The molecule has 1 amide bonds. The lowest BCUT2D eigenvalue weighted by Crippen LogP contribution is -2.05. The van der Waals surface area contributed by atoms with E-state index >= 15 is 0 Å². The predicted molar refractivity (Wildman–Crippen MR) is 101 cm³/mol. The van der Waals surface area contributed by atoms with Gasteiger partial charge < -0.3 is 14.8 Å². The van der Waals surface area contributed by atoms with Gasteiger partial charge in [0.05, 0.1) is 0 Å². The third-order valence-corrected chi connectivity index (χ3v) is 4.07. The Hall–Kier alpha value is -3.06. The lowest BCUT2D eigenvalue weighted by atomic mass is 10.1. The van der Waals surface area contributed by atoms with Gasteiger partial charge in [-0.2, -0.15) is 12.6 Å². The number of carboxylic acid groups (broad SMARTS) is 1. The number of anilines is 1. The Bertz CT molecular complexity index is 936. The van der Waals surface area contributed by atoms with E-state index in [1.165, 1.54) is 6.92 Å². The lowest BCUT2D eigenvalue weighted by molar-refractivity contribution is -0.136. The molecule has 0 spiro atoms. The van der Waals surface area contributed by atoms with Gasteiger partial charge in [0.2, 0.25) is 11.8 Å². The van der Waals surface area contributed by atoms with Gasteiger partial charge in [0.15, 0.2) is 11.0 Å². The number of aromatic nitrogens is 1.